The second-order valence-electron chi connectivity index (χ2n) is 11.7. The molecule has 1 aliphatic heterocycles. The maximum absolute atomic E-state index is 13.8. The van der Waals surface area contributed by atoms with E-state index in [0.717, 1.165) is 10.9 Å². The summed E-state index contributed by atoms with van der Waals surface area (Å²) in [6.07, 6.45) is 3.51. The van der Waals surface area contributed by atoms with Gasteiger partial charge in [0.05, 0.1) is 47.5 Å². The molecule has 13 nitrogen and oxygen atoms in total. The Hall–Kier alpha value is -5.90. The van der Waals surface area contributed by atoms with Crippen molar-refractivity contribution in [2.45, 2.75) is 38.4 Å². The van der Waals surface area contributed by atoms with Crippen molar-refractivity contribution >= 4 is 23.2 Å². The normalized spacial score (nSPS) is 16.6. The standard InChI is InChI=1S/C33H26ClF3N10O3/c1-18-4-2-5-26(23-12-19(9-11-38-23)30-24(41-31(18)49)15-46(43-30)27-6-3-10-39-32(27)50)45-17-40-22(14-29(45)48)21-13-20(34)7-8-25(21)47-16-28(42-44-47)33(35,36)37/h3,6-18,26H,2,4-5H2,1H3,(H,39,50)(H,41,49)/t18-,26+/m1/s1. The van der Waals surface area contributed by atoms with Crippen LogP contribution in [0.25, 0.3) is 33.9 Å². The summed E-state index contributed by atoms with van der Waals surface area (Å²) in [5, 5.41) is 25.1. The van der Waals surface area contributed by atoms with E-state index < -0.39 is 29.4 Å². The first-order chi connectivity index (χ1) is 24.0. The average molecular weight is 703 g/mol. The molecule has 5 aromatic heterocycles. The molecule has 2 bridgehead atoms. The smallest absolute Gasteiger partial charge is 0.436 e. The van der Waals surface area contributed by atoms with Crippen LogP contribution in [-0.4, -0.2) is 55.3 Å². The van der Waals surface area contributed by atoms with Gasteiger partial charge in [0.15, 0.2) is 5.69 Å². The van der Waals surface area contributed by atoms with Gasteiger partial charge >= 0.3 is 6.18 Å². The number of rotatable bonds is 4. The molecule has 6 heterocycles. The Bertz CT molecular complexity index is 2300. The summed E-state index contributed by atoms with van der Waals surface area (Å²) < 4.78 is 43.6. The Morgan fingerprint density at radius 3 is 2.56 bits per heavy atom. The second-order valence-corrected chi connectivity index (χ2v) is 12.2. The maximum Gasteiger partial charge on any atom is 0.436 e. The number of halogens is 4. The van der Waals surface area contributed by atoms with Gasteiger partial charge in [-0.25, -0.2) is 19.3 Å². The fraction of sp³-hybridized carbons (Fsp3) is 0.212. The SMILES string of the molecule is C[C@@H]1CCC[C@H](n2cnc(-c3cc(Cl)ccc3-n3cc(C(F)(F)F)nn3)cc2=O)c2cc(ccn2)-c2nn(-c3cccnc3O)cc2NC1=O. The van der Waals surface area contributed by atoms with Crippen molar-refractivity contribution in [2.75, 3.05) is 5.32 Å². The Labute approximate surface area is 286 Å². The van der Waals surface area contributed by atoms with Crippen LogP contribution >= 0.6 is 11.6 Å². The predicted molar refractivity (Wildman–Crippen MR) is 175 cm³/mol. The number of carbonyl (C=O) groups is 1. The summed E-state index contributed by atoms with van der Waals surface area (Å²) >= 11 is 6.26. The maximum atomic E-state index is 13.8. The third kappa shape index (κ3) is 6.32. The van der Waals surface area contributed by atoms with Crippen molar-refractivity contribution in [3.63, 3.8) is 0 Å². The van der Waals surface area contributed by atoms with Crippen LogP contribution < -0.4 is 10.9 Å². The van der Waals surface area contributed by atoms with Crippen LogP contribution in [-0.2, 0) is 11.0 Å². The molecular formula is C33H26ClF3N10O3. The Morgan fingerprint density at radius 1 is 0.960 bits per heavy atom. The van der Waals surface area contributed by atoms with E-state index in [1.165, 1.54) is 46.0 Å². The Balaban J connectivity index is 1.30. The minimum absolute atomic E-state index is 0.154. The number of carbonyl (C=O) groups excluding carboxylic acids is 1. The van der Waals surface area contributed by atoms with Crippen molar-refractivity contribution in [1.29, 1.82) is 0 Å². The van der Waals surface area contributed by atoms with Gasteiger partial charge in [0.25, 0.3) is 5.56 Å². The lowest BCUT2D eigenvalue weighted by Crippen LogP contribution is -2.27. The molecule has 0 fully saturated rings. The number of aromatic nitrogens is 9. The molecule has 0 unspecified atom stereocenters. The first-order valence-corrected chi connectivity index (χ1v) is 15.7. The summed E-state index contributed by atoms with van der Waals surface area (Å²) in [6, 6.07) is 11.9. The van der Waals surface area contributed by atoms with Gasteiger partial charge in [-0.1, -0.05) is 30.2 Å². The zero-order valence-electron chi connectivity index (χ0n) is 26.1. The number of aromatic hydroxyl groups is 1. The zero-order valence-corrected chi connectivity index (χ0v) is 26.8. The van der Waals surface area contributed by atoms with Crippen LogP contribution in [0.1, 0.15) is 43.6 Å². The number of nitrogens with one attached hydrogen (secondary N) is 1. The van der Waals surface area contributed by atoms with Gasteiger partial charge < -0.3 is 10.4 Å². The first-order valence-electron chi connectivity index (χ1n) is 15.4. The number of hydrogen-bond donors (Lipinski definition) is 2. The largest absolute Gasteiger partial charge is 0.492 e. The minimum atomic E-state index is -4.70. The van der Waals surface area contributed by atoms with Crippen molar-refractivity contribution in [2.24, 2.45) is 5.92 Å². The van der Waals surface area contributed by atoms with Crippen LogP contribution in [0, 0.1) is 5.92 Å². The predicted octanol–water partition coefficient (Wildman–Crippen LogP) is 5.86. The fourth-order valence-electron chi connectivity index (χ4n) is 5.80. The van der Waals surface area contributed by atoms with E-state index in [-0.39, 0.29) is 33.8 Å². The quantitative estimate of drug-likeness (QED) is 0.230. The molecule has 6 aromatic rings. The van der Waals surface area contributed by atoms with Crippen molar-refractivity contribution in [3.8, 4) is 39.8 Å². The number of amides is 1. The third-order valence-corrected chi connectivity index (χ3v) is 8.62. The highest BCUT2D eigenvalue weighted by Gasteiger charge is 2.35. The summed E-state index contributed by atoms with van der Waals surface area (Å²) in [5.41, 5.74) is 1.23. The number of fused-ring (bicyclic) bond motifs is 4. The summed E-state index contributed by atoms with van der Waals surface area (Å²) in [4.78, 5) is 40.1. The molecule has 0 radical (unpaired) electrons. The van der Waals surface area contributed by atoms with Crippen LogP contribution in [0.3, 0.4) is 0 Å². The highest BCUT2D eigenvalue weighted by Crippen LogP contribution is 2.35. The summed E-state index contributed by atoms with van der Waals surface area (Å²) in [6.45, 7) is 1.81. The van der Waals surface area contributed by atoms with Gasteiger partial charge in [0.2, 0.25) is 11.8 Å². The van der Waals surface area contributed by atoms with Gasteiger partial charge in [-0.15, -0.1) is 5.10 Å². The van der Waals surface area contributed by atoms with Crippen molar-refractivity contribution in [3.05, 3.63) is 106 Å². The number of alkyl halides is 3. The van der Waals surface area contributed by atoms with Crippen molar-refractivity contribution < 1.29 is 23.1 Å². The van der Waals surface area contributed by atoms with E-state index in [9.17, 15) is 27.9 Å². The third-order valence-electron chi connectivity index (χ3n) is 8.38. The Morgan fingerprint density at radius 2 is 1.80 bits per heavy atom. The monoisotopic (exact) mass is 702 g/mol. The highest BCUT2D eigenvalue weighted by atomic mass is 35.5. The van der Waals surface area contributed by atoms with Crippen LogP contribution in [0.15, 0.2) is 84.4 Å². The number of nitrogens with zero attached hydrogens (tertiary/aromatic N) is 9. The van der Waals surface area contributed by atoms with E-state index in [1.54, 1.807) is 36.7 Å². The summed E-state index contributed by atoms with van der Waals surface area (Å²) in [7, 11) is 0. The topological polar surface area (TPSA) is 159 Å². The molecule has 17 heteroatoms. The molecule has 2 atom stereocenters. The molecular weight excluding hydrogens is 677 g/mol. The highest BCUT2D eigenvalue weighted by molar-refractivity contribution is 6.31. The van der Waals surface area contributed by atoms with Crippen molar-refractivity contribution in [1.82, 2.24) is 44.3 Å². The molecule has 0 aliphatic carbocycles. The van der Waals surface area contributed by atoms with Crippen LogP contribution in [0.4, 0.5) is 18.9 Å². The molecule has 0 spiro atoms. The summed E-state index contributed by atoms with van der Waals surface area (Å²) in [5.74, 6) is -0.853. The number of anilines is 1. The molecule has 2 N–H and O–H groups in total. The van der Waals surface area contributed by atoms with Gasteiger partial charge in [0, 0.05) is 40.5 Å². The molecule has 1 aliphatic rings. The molecule has 0 saturated heterocycles. The van der Waals surface area contributed by atoms with Gasteiger partial charge in [-0.3, -0.25) is 19.1 Å². The Kier molecular flexibility index (Phi) is 8.39. The molecule has 1 aromatic carbocycles. The molecule has 50 heavy (non-hydrogen) atoms. The van der Waals surface area contributed by atoms with Crippen LogP contribution in [0.2, 0.25) is 5.02 Å². The van der Waals surface area contributed by atoms with Crippen LogP contribution in [0.5, 0.6) is 5.88 Å². The van der Waals surface area contributed by atoms with Gasteiger partial charge in [-0.05, 0) is 55.3 Å². The van der Waals surface area contributed by atoms with Gasteiger partial charge in [-0.2, -0.15) is 18.3 Å². The van der Waals surface area contributed by atoms with Gasteiger partial charge in [0.1, 0.15) is 11.4 Å². The average Bonchev–Trinajstić information content (AvgIpc) is 3.75. The van der Waals surface area contributed by atoms with E-state index in [4.69, 9.17) is 11.6 Å². The fourth-order valence-corrected chi connectivity index (χ4v) is 5.97. The van der Waals surface area contributed by atoms with E-state index >= 15 is 0 Å². The molecule has 0 saturated carbocycles. The van der Waals surface area contributed by atoms with E-state index in [1.807, 2.05) is 6.92 Å². The second kappa shape index (κ2) is 12.9. The number of hydrogen-bond acceptors (Lipinski definition) is 9. The minimum Gasteiger partial charge on any atom is -0.492 e. The number of benzene rings is 1. The van der Waals surface area contributed by atoms with E-state index in [0.29, 0.717) is 47.6 Å². The molecule has 1 amide bonds. The lowest BCUT2D eigenvalue weighted by molar-refractivity contribution is -0.141. The number of pyridine rings is 2. The lowest BCUT2D eigenvalue weighted by atomic mass is 9.97. The molecule has 7 rings (SSSR count). The zero-order chi connectivity index (χ0) is 35.2. The van der Waals surface area contributed by atoms with E-state index in [2.05, 4.69) is 35.7 Å². The first kappa shape index (κ1) is 32.6. The molecule has 254 valence electrons. The lowest BCUT2D eigenvalue weighted by Gasteiger charge is -2.22.